The highest BCUT2D eigenvalue weighted by Gasteiger charge is 2.32. The molecule has 3 atom stereocenters. The highest BCUT2D eigenvalue weighted by atomic mass is 32.2. The number of benzene rings is 1. The number of likely N-dealkylation sites (tertiary alicyclic amines) is 1. The Kier molecular flexibility index (Phi) is 5.23. The Labute approximate surface area is 146 Å². The van der Waals surface area contributed by atoms with Gasteiger partial charge in [0.1, 0.15) is 0 Å². The summed E-state index contributed by atoms with van der Waals surface area (Å²) in [5.41, 5.74) is 0.883. The second kappa shape index (κ2) is 7.38. The molecule has 5 nitrogen and oxygen atoms in total. The first-order chi connectivity index (χ1) is 11.6. The predicted molar refractivity (Wildman–Crippen MR) is 94.7 cm³/mol. The fraction of sp³-hybridized carbons (Fsp3) is 0.500. The number of hydrogen-bond acceptors (Lipinski definition) is 5. The van der Waals surface area contributed by atoms with E-state index in [2.05, 4.69) is 24.0 Å². The van der Waals surface area contributed by atoms with Crippen LogP contribution in [0.3, 0.4) is 0 Å². The molecule has 0 N–H and O–H groups in total. The lowest BCUT2D eigenvalue weighted by Gasteiger charge is -2.40. The fourth-order valence-corrected chi connectivity index (χ4v) is 3.96. The van der Waals surface area contributed by atoms with Gasteiger partial charge in [-0.3, -0.25) is 4.79 Å². The van der Waals surface area contributed by atoms with Crippen molar-refractivity contribution >= 4 is 17.7 Å². The lowest BCUT2D eigenvalue weighted by atomic mass is 9.97. The first kappa shape index (κ1) is 17.0. The number of thioether (sulfide) groups is 1. The molecule has 1 saturated heterocycles. The summed E-state index contributed by atoms with van der Waals surface area (Å²) in [6.07, 6.45) is 3.34. The van der Waals surface area contributed by atoms with E-state index in [1.54, 1.807) is 0 Å². The zero-order valence-electron chi connectivity index (χ0n) is 14.3. The molecule has 0 unspecified atom stereocenters. The summed E-state index contributed by atoms with van der Waals surface area (Å²) >= 11 is 1.33. The van der Waals surface area contributed by atoms with E-state index in [9.17, 15) is 4.79 Å². The number of carbonyl (C=O) groups is 1. The molecule has 0 aliphatic carbocycles. The van der Waals surface area contributed by atoms with Gasteiger partial charge in [-0.15, -0.1) is 10.2 Å². The number of aromatic nitrogens is 2. The molecular weight excluding hydrogens is 322 g/mol. The summed E-state index contributed by atoms with van der Waals surface area (Å²) in [4.78, 5) is 14.8. The Morgan fingerprint density at radius 2 is 1.88 bits per heavy atom. The van der Waals surface area contributed by atoms with Gasteiger partial charge >= 0.3 is 0 Å². The zero-order chi connectivity index (χ0) is 17.1. The van der Waals surface area contributed by atoms with Crippen molar-refractivity contribution in [2.75, 3.05) is 0 Å². The van der Waals surface area contributed by atoms with Crippen LogP contribution >= 0.6 is 11.8 Å². The molecule has 1 aliphatic rings. The van der Waals surface area contributed by atoms with E-state index in [-0.39, 0.29) is 11.2 Å². The minimum Gasteiger partial charge on any atom is -0.411 e. The number of amides is 1. The minimum absolute atomic E-state index is 0.152. The Morgan fingerprint density at radius 1 is 1.21 bits per heavy atom. The van der Waals surface area contributed by atoms with E-state index < -0.39 is 0 Å². The molecule has 128 valence electrons. The number of piperidine rings is 1. The number of rotatable bonds is 4. The summed E-state index contributed by atoms with van der Waals surface area (Å²) < 4.78 is 5.70. The Morgan fingerprint density at radius 3 is 2.54 bits per heavy atom. The van der Waals surface area contributed by atoms with Crippen LogP contribution in [0.1, 0.15) is 40.0 Å². The maximum atomic E-state index is 12.8. The third-order valence-electron chi connectivity index (χ3n) is 4.50. The van der Waals surface area contributed by atoms with Gasteiger partial charge in [-0.25, -0.2) is 0 Å². The van der Waals surface area contributed by atoms with E-state index in [1.807, 2.05) is 42.2 Å². The molecule has 1 fully saturated rings. The summed E-state index contributed by atoms with van der Waals surface area (Å²) in [6.45, 7) is 6.17. The first-order valence-electron chi connectivity index (χ1n) is 8.44. The molecule has 0 spiro atoms. The van der Waals surface area contributed by atoms with Crippen LogP contribution in [0.4, 0.5) is 0 Å². The molecule has 1 amide bonds. The van der Waals surface area contributed by atoms with Crippen LogP contribution in [0.15, 0.2) is 40.0 Å². The fourth-order valence-electron chi connectivity index (χ4n) is 3.22. The van der Waals surface area contributed by atoms with Crippen molar-refractivity contribution in [1.82, 2.24) is 15.1 Å². The molecule has 2 aromatic rings. The third-order valence-corrected chi connectivity index (χ3v) is 5.42. The van der Waals surface area contributed by atoms with Crippen molar-refractivity contribution in [2.45, 2.75) is 62.6 Å². The summed E-state index contributed by atoms with van der Waals surface area (Å²) in [5.74, 6) is 0.636. The van der Waals surface area contributed by atoms with Crippen LogP contribution in [0.5, 0.6) is 0 Å². The molecule has 1 aromatic carbocycles. The van der Waals surface area contributed by atoms with Gasteiger partial charge in [0.25, 0.3) is 5.22 Å². The van der Waals surface area contributed by atoms with Crippen LogP contribution in [0.25, 0.3) is 11.5 Å². The Bertz CT molecular complexity index is 679. The maximum absolute atomic E-state index is 12.8. The van der Waals surface area contributed by atoms with Crippen molar-refractivity contribution < 1.29 is 9.21 Å². The van der Waals surface area contributed by atoms with Crippen LogP contribution in [-0.4, -0.2) is 38.3 Å². The maximum Gasteiger partial charge on any atom is 0.277 e. The Hall–Kier alpha value is -1.82. The number of hydrogen-bond donors (Lipinski definition) is 0. The van der Waals surface area contributed by atoms with Crippen LogP contribution in [-0.2, 0) is 4.79 Å². The molecule has 0 saturated carbocycles. The van der Waals surface area contributed by atoms with Crippen molar-refractivity contribution in [3.8, 4) is 11.5 Å². The summed E-state index contributed by atoms with van der Waals surface area (Å²) in [5, 5.41) is 8.35. The third kappa shape index (κ3) is 3.64. The van der Waals surface area contributed by atoms with Crippen LogP contribution in [0.2, 0.25) is 0 Å². The van der Waals surface area contributed by atoms with Gasteiger partial charge < -0.3 is 9.32 Å². The zero-order valence-corrected chi connectivity index (χ0v) is 15.1. The monoisotopic (exact) mass is 345 g/mol. The van der Waals surface area contributed by atoms with Crippen molar-refractivity contribution in [3.63, 3.8) is 0 Å². The molecule has 1 aliphatic heterocycles. The van der Waals surface area contributed by atoms with Gasteiger partial charge in [-0.1, -0.05) is 30.0 Å². The minimum atomic E-state index is -0.239. The quantitative estimate of drug-likeness (QED) is 0.784. The standard InChI is InChI=1S/C18H23N3O2S/c1-12-8-7-9-13(2)21(12)17(22)14(3)24-18-20-19-16(23-18)15-10-5-4-6-11-15/h4-6,10-14H,7-9H2,1-3H3/t12-,13-,14-/m1/s1. The highest BCUT2D eigenvalue weighted by Crippen LogP contribution is 2.30. The normalized spacial score (nSPS) is 22.4. The largest absolute Gasteiger partial charge is 0.411 e. The lowest BCUT2D eigenvalue weighted by molar-refractivity contribution is -0.136. The molecule has 6 heteroatoms. The van der Waals surface area contributed by atoms with Crippen molar-refractivity contribution in [3.05, 3.63) is 30.3 Å². The predicted octanol–water partition coefficient (Wildman–Crippen LogP) is 4.01. The topological polar surface area (TPSA) is 59.2 Å². The van der Waals surface area contributed by atoms with Gasteiger partial charge in [0.05, 0.1) is 5.25 Å². The SMILES string of the molecule is C[C@@H]1CCC[C@@H](C)N1C(=O)[C@@H](C)Sc1nnc(-c2ccccc2)o1. The van der Waals surface area contributed by atoms with E-state index in [0.717, 1.165) is 18.4 Å². The van der Waals surface area contributed by atoms with Crippen LogP contribution < -0.4 is 0 Å². The molecule has 0 radical (unpaired) electrons. The van der Waals surface area contributed by atoms with E-state index in [0.29, 0.717) is 23.2 Å². The van der Waals surface area contributed by atoms with E-state index in [4.69, 9.17) is 4.42 Å². The molecule has 1 aromatic heterocycles. The Balaban J connectivity index is 1.67. The first-order valence-corrected chi connectivity index (χ1v) is 9.32. The highest BCUT2D eigenvalue weighted by molar-refractivity contribution is 8.00. The van der Waals surface area contributed by atoms with Gasteiger partial charge in [0, 0.05) is 17.6 Å². The molecular formula is C18H23N3O2S. The average molecular weight is 345 g/mol. The smallest absolute Gasteiger partial charge is 0.277 e. The second-order valence-corrected chi connectivity index (χ2v) is 7.67. The molecule has 3 rings (SSSR count). The molecule has 2 heterocycles. The summed E-state index contributed by atoms with van der Waals surface area (Å²) in [6, 6.07) is 10.2. The van der Waals surface area contributed by atoms with Gasteiger partial charge in [-0.2, -0.15) is 0 Å². The van der Waals surface area contributed by atoms with Crippen LogP contribution in [0, 0.1) is 0 Å². The molecule has 24 heavy (non-hydrogen) atoms. The van der Waals surface area contributed by atoms with Gasteiger partial charge in [-0.05, 0) is 52.2 Å². The van der Waals surface area contributed by atoms with Crippen molar-refractivity contribution in [1.29, 1.82) is 0 Å². The number of carbonyl (C=O) groups excluding carboxylic acids is 1. The lowest BCUT2D eigenvalue weighted by Crippen LogP contribution is -2.50. The van der Waals surface area contributed by atoms with Gasteiger partial charge in [0.15, 0.2) is 0 Å². The van der Waals surface area contributed by atoms with E-state index >= 15 is 0 Å². The van der Waals surface area contributed by atoms with Gasteiger partial charge in [0.2, 0.25) is 11.8 Å². The summed E-state index contributed by atoms with van der Waals surface area (Å²) in [7, 11) is 0. The van der Waals surface area contributed by atoms with E-state index in [1.165, 1.54) is 18.2 Å². The van der Waals surface area contributed by atoms with Crippen molar-refractivity contribution in [2.24, 2.45) is 0 Å². The average Bonchev–Trinajstić information content (AvgIpc) is 3.04. The number of nitrogens with zero attached hydrogens (tertiary/aromatic N) is 3. The second-order valence-electron chi connectivity index (χ2n) is 6.37. The molecule has 0 bridgehead atoms.